The number of hydrogen-bond acceptors (Lipinski definition) is 6. The van der Waals surface area contributed by atoms with Crippen LogP contribution in [0.1, 0.15) is 17.3 Å². The Morgan fingerprint density at radius 3 is 2.47 bits per heavy atom. The molecule has 0 aliphatic carbocycles. The fourth-order valence-electron chi connectivity index (χ4n) is 1.74. The van der Waals surface area contributed by atoms with Crippen molar-refractivity contribution in [3.05, 3.63) is 23.8 Å². The van der Waals surface area contributed by atoms with Gasteiger partial charge in [0, 0.05) is 24.5 Å². The Morgan fingerprint density at radius 1 is 1.32 bits per heavy atom. The zero-order chi connectivity index (χ0) is 14.3. The van der Waals surface area contributed by atoms with Crippen LogP contribution >= 0.6 is 0 Å². The molecule has 0 saturated carbocycles. The van der Waals surface area contributed by atoms with E-state index in [1.165, 1.54) is 0 Å². The van der Waals surface area contributed by atoms with Crippen LogP contribution < -0.4 is 10.6 Å². The van der Waals surface area contributed by atoms with Crippen molar-refractivity contribution in [1.82, 2.24) is 0 Å². The van der Waals surface area contributed by atoms with Crippen molar-refractivity contribution in [2.75, 3.05) is 43.5 Å². The number of anilines is 2. The average molecular weight is 268 g/mol. The van der Waals surface area contributed by atoms with E-state index in [4.69, 9.17) is 20.7 Å². The number of rotatable bonds is 7. The lowest BCUT2D eigenvalue weighted by Crippen LogP contribution is -2.29. The minimum atomic E-state index is -0.477. The van der Waals surface area contributed by atoms with Crippen molar-refractivity contribution in [2.24, 2.45) is 0 Å². The number of hydrogen-bond donors (Lipinski definition) is 3. The molecule has 0 bridgehead atoms. The number of nitrogens with zero attached hydrogens (tertiary/aromatic N) is 1. The maximum absolute atomic E-state index is 11.7. The van der Waals surface area contributed by atoms with Crippen LogP contribution in [-0.4, -0.2) is 49.1 Å². The minimum Gasteiger partial charge on any atom is -0.462 e. The van der Waals surface area contributed by atoms with Gasteiger partial charge in [-0.05, 0) is 25.1 Å². The van der Waals surface area contributed by atoms with Gasteiger partial charge >= 0.3 is 5.97 Å². The molecule has 19 heavy (non-hydrogen) atoms. The molecule has 0 heterocycles. The Hall–Kier alpha value is -1.79. The molecule has 0 atom stereocenters. The molecule has 106 valence electrons. The molecule has 0 spiro atoms. The summed E-state index contributed by atoms with van der Waals surface area (Å²) in [6.07, 6.45) is 0. The van der Waals surface area contributed by atoms with E-state index in [0.29, 0.717) is 30.0 Å². The van der Waals surface area contributed by atoms with E-state index in [1.54, 1.807) is 30.0 Å². The summed E-state index contributed by atoms with van der Waals surface area (Å²) in [5, 5.41) is 18.0. The van der Waals surface area contributed by atoms with Gasteiger partial charge in [0.1, 0.15) is 0 Å². The fraction of sp³-hybridized carbons (Fsp3) is 0.462. The first-order valence-electron chi connectivity index (χ1n) is 6.17. The second-order valence-electron chi connectivity index (χ2n) is 3.93. The lowest BCUT2D eigenvalue weighted by Gasteiger charge is -2.23. The topological polar surface area (TPSA) is 96.0 Å². The molecule has 6 heteroatoms. The lowest BCUT2D eigenvalue weighted by atomic mass is 10.1. The van der Waals surface area contributed by atoms with Gasteiger partial charge in [-0.2, -0.15) is 0 Å². The monoisotopic (exact) mass is 268 g/mol. The Bertz CT molecular complexity index is 417. The summed E-state index contributed by atoms with van der Waals surface area (Å²) in [6.45, 7) is 2.65. The van der Waals surface area contributed by atoms with Crippen molar-refractivity contribution in [3.63, 3.8) is 0 Å². The summed E-state index contributed by atoms with van der Waals surface area (Å²) in [7, 11) is 0. The number of ether oxygens (including phenoxy) is 1. The molecule has 1 aromatic rings. The predicted octanol–water partition coefficient (Wildman–Crippen LogP) is 0.236. The lowest BCUT2D eigenvalue weighted by molar-refractivity contribution is 0.0527. The summed E-state index contributed by atoms with van der Waals surface area (Å²) in [6, 6.07) is 4.96. The molecule has 0 unspecified atom stereocenters. The molecule has 0 aliphatic heterocycles. The third-order valence-corrected chi connectivity index (χ3v) is 2.64. The molecule has 6 nitrogen and oxygen atoms in total. The number of esters is 1. The van der Waals surface area contributed by atoms with Gasteiger partial charge in [-0.25, -0.2) is 4.79 Å². The molecule has 0 aromatic heterocycles. The van der Waals surface area contributed by atoms with Crippen LogP contribution in [0.2, 0.25) is 0 Å². The molecule has 0 saturated heterocycles. The molecule has 4 N–H and O–H groups in total. The Labute approximate surface area is 112 Å². The normalized spacial score (nSPS) is 10.3. The van der Waals surface area contributed by atoms with Gasteiger partial charge in [0.15, 0.2) is 0 Å². The van der Waals surface area contributed by atoms with Crippen molar-refractivity contribution >= 4 is 17.3 Å². The summed E-state index contributed by atoms with van der Waals surface area (Å²) in [5.41, 5.74) is 7.09. The Kier molecular flexibility index (Phi) is 6.11. The second kappa shape index (κ2) is 7.60. The van der Waals surface area contributed by atoms with Crippen LogP contribution in [-0.2, 0) is 4.74 Å². The number of aliphatic hydroxyl groups excluding tert-OH is 2. The van der Waals surface area contributed by atoms with Gasteiger partial charge in [-0.1, -0.05) is 0 Å². The second-order valence-corrected chi connectivity index (χ2v) is 3.93. The number of aliphatic hydroxyl groups is 2. The highest BCUT2D eigenvalue weighted by Gasteiger charge is 2.14. The van der Waals surface area contributed by atoms with Gasteiger partial charge in [0.25, 0.3) is 0 Å². The number of carbonyl (C=O) groups is 1. The molecular weight excluding hydrogens is 248 g/mol. The quantitative estimate of drug-likeness (QED) is 0.484. The van der Waals surface area contributed by atoms with E-state index in [2.05, 4.69) is 0 Å². The Morgan fingerprint density at radius 2 is 1.95 bits per heavy atom. The summed E-state index contributed by atoms with van der Waals surface area (Å²) >= 11 is 0. The van der Waals surface area contributed by atoms with E-state index in [9.17, 15) is 4.79 Å². The van der Waals surface area contributed by atoms with Crippen molar-refractivity contribution < 1.29 is 19.7 Å². The molecule has 0 radical (unpaired) electrons. The number of carbonyl (C=O) groups excluding carboxylic acids is 1. The summed E-state index contributed by atoms with van der Waals surface area (Å²) in [4.78, 5) is 13.5. The highest BCUT2D eigenvalue weighted by Crippen LogP contribution is 2.22. The van der Waals surface area contributed by atoms with E-state index in [1.807, 2.05) is 0 Å². The maximum atomic E-state index is 11.7. The van der Waals surface area contributed by atoms with E-state index in [0.717, 1.165) is 0 Å². The average Bonchev–Trinajstić information content (AvgIpc) is 2.39. The third-order valence-electron chi connectivity index (χ3n) is 2.64. The van der Waals surface area contributed by atoms with Crippen LogP contribution in [0.5, 0.6) is 0 Å². The predicted molar refractivity (Wildman–Crippen MR) is 73.2 cm³/mol. The fourth-order valence-corrected chi connectivity index (χ4v) is 1.74. The van der Waals surface area contributed by atoms with Gasteiger partial charge in [0.05, 0.1) is 25.4 Å². The number of nitrogen functional groups attached to an aromatic ring is 1. The standard InChI is InChI=1S/C13H20N2O4/c1-2-19-13(18)11-9-10(3-4-12(11)14)15(5-7-16)6-8-17/h3-4,9,16-17H,2,5-8,14H2,1H3. The first-order valence-corrected chi connectivity index (χ1v) is 6.17. The van der Waals surface area contributed by atoms with Gasteiger partial charge in [-0.3, -0.25) is 0 Å². The summed E-state index contributed by atoms with van der Waals surface area (Å²) in [5.74, 6) is -0.477. The van der Waals surface area contributed by atoms with Crippen molar-refractivity contribution in [1.29, 1.82) is 0 Å². The highest BCUT2D eigenvalue weighted by molar-refractivity contribution is 5.96. The van der Waals surface area contributed by atoms with Crippen LogP contribution in [0.4, 0.5) is 11.4 Å². The smallest absolute Gasteiger partial charge is 0.340 e. The van der Waals surface area contributed by atoms with Gasteiger partial charge in [-0.15, -0.1) is 0 Å². The van der Waals surface area contributed by atoms with E-state index < -0.39 is 5.97 Å². The van der Waals surface area contributed by atoms with Crippen LogP contribution in [0.3, 0.4) is 0 Å². The molecule has 0 fully saturated rings. The van der Waals surface area contributed by atoms with Gasteiger partial charge < -0.3 is 25.6 Å². The third kappa shape index (κ3) is 4.11. The molecule has 0 amide bonds. The maximum Gasteiger partial charge on any atom is 0.340 e. The highest BCUT2D eigenvalue weighted by atomic mass is 16.5. The zero-order valence-corrected chi connectivity index (χ0v) is 11.0. The van der Waals surface area contributed by atoms with Gasteiger partial charge in [0.2, 0.25) is 0 Å². The number of nitrogens with two attached hydrogens (primary N) is 1. The number of benzene rings is 1. The van der Waals surface area contributed by atoms with E-state index >= 15 is 0 Å². The van der Waals surface area contributed by atoms with Crippen molar-refractivity contribution in [3.8, 4) is 0 Å². The van der Waals surface area contributed by atoms with Crippen LogP contribution in [0, 0.1) is 0 Å². The SMILES string of the molecule is CCOC(=O)c1cc(N(CCO)CCO)ccc1N. The van der Waals surface area contributed by atoms with Crippen LogP contribution in [0.25, 0.3) is 0 Å². The molecule has 0 aliphatic rings. The van der Waals surface area contributed by atoms with E-state index in [-0.39, 0.29) is 19.8 Å². The first-order chi connectivity index (χ1) is 9.13. The first kappa shape index (κ1) is 15.3. The minimum absolute atomic E-state index is 0.0425. The molecular formula is C13H20N2O4. The van der Waals surface area contributed by atoms with Crippen molar-refractivity contribution in [2.45, 2.75) is 6.92 Å². The largest absolute Gasteiger partial charge is 0.462 e. The molecule has 1 aromatic carbocycles. The molecule has 1 rings (SSSR count). The zero-order valence-electron chi connectivity index (χ0n) is 11.0. The summed E-state index contributed by atoms with van der Waals surface area (Å²) < 4.78 is 4.93. The van der Waals surface area contributed by atoms with Crippen LogP contribution in [0.15, 0.2) is 18.2 Å². The Balaban J connectivity index is 3.01.